The maximum atomic E-state index is 11.3. The van der Waals surface area contributed by atoms with E-state index in [1.807, 2.05) is 0 Å². The molecule has 0 spiro atoms. The van der Waals surface area contributed by atoms with Crippen molar-refractivity contribution in [2.75, 3.05) is 12.5 Å². The summed E-state index contributed by atoms with van der Waals surface area (Å²) in [6, 6.07) is 3.48. The number of halogens is 1. The van der Waals surface area contributed by atoms with Crippen molar-refractivity contribution in [1.29, 1.82) is 0 Å². The van der Waals surface area contributed by atoms with Gasteiger partial charge >= 0.3 is 5.97 Å². The average molecular weight is 215 g/mol. The van der Waals surface area contributed by atoms with Crippen LogP contribution in [0, 0.1) is 0 Å². The van der Waals surface area contributed by atoms with E-state index in [1.165, 1.54) is 6.26 Å². The highest BCUT2D eigenvalue weighted by atomic mass is 35.5. The number of furan rings is 1. The molecule has 0 aromatic carbocycles. The van der Waals surface area contributed by atoms with Gasteiger partial charge < -0.3 is 9.15 Å². The van der Waals surface area contributed by atoms with Crippen molar-refractivity contribution in [2.45, 2.75) is 6.92 Å². The summed E-state index contributed by atoms with van der Waals surface area (Å²) in [5, 5.41) is 0. The van der Waals surface area contributed by atoms with Gasteiger partial charge in [-0.25, -0.2) is 4.79 Å². The smallest absolute Gasteiger partial charge is 0.335 e. The first kappa shape index (κ1) is 10.9. The largest absolute Gasteiger partial charge is 0.465 e. The molecule has 14 heavy (non-hydrogen) atoms. The number of hydrogen-bond acceptors (Lipinski definition) is 3. The quantitative estimate of drug-likeness (QED) is 0.439. The molecule has 4 heteroatoms. The Morgan fingerprint density at radius 2 is 2.50 bits per heavy atom. The number of rotatable bonds is 4. The molecule has 0 saturated heterocycles. The second-order valence-electron chi connectivity index (χ2n) is 2.54. The van der Waals surface area contributed by atoms with E-state index < -0.39 is 5.97 Å². The molecule has 0 aliphatic carbocycles. The summed E-state index contributed by atoms with van der Waals surface area (Å²) >= 11 is 5.60. The molecule has 0 amide bonds. The predicted molar refractivity (Wildman–Crippen MR) is 54.0 cm³/mol. The highest BCUT2D eigenvalue weighted by Gasteiger charge is 2.09. The molecule has 0 fully saturated rings. The van der Waals surface area contributed by atoms with Crippen LogP contribution in [-0.4, -0.2) is 18.5 Å². The third kappa shape index (κ3) is 2.92. The van der Waals surface area contributed by atoms with Crippen LogP contribution in [-0.2, 0) is 9.53 Å². The fraction of sp³-hybridized carbons (Fsp3) is 0.300. The van der Waals surface area contributed by atoms with Gasteiger partial charge in [0, 0.05) is 0 Å². The molecule has 0 aliphatic rings. The van der Waals surface area contributed by atoms with Crippen molar-refractivity contribution >= 4 is 23.6 Å². The highest BCUT2D eigenvalue weighted by molar-refractivity contribution is 6.23. The first-order valence-electron chi connectivity index (χ1n) is 4.25. The maximum Gasteiger partial charge on any atom is 0.335 e. The third-order valence-electron chi connectivity index (χ3n) is 1.54. The molecule has 76 valence electrons. The minimum absolute atomic E-state index is 0.111. The lowest BCUT2D eigenvalue weighted by Crippen LogP contribution is -2.08. The first-order valence-corrected chi connectivity index (χ1v) is 4.78. The lowest BCUT2D eigenvalue weighted by molar-refractivity contribution is -0.138. The minimum atomic E-state index is -0.404. The van der Waals surface area contributed by atoms with E-state index in [1.54, 1.807) is 25.1 Å². The summed E-state index contributed by atoms with van der Waals surface area (Å²) in [6.07, 6.45) is 3.10. The van der Waals surface area contributed by atoms with E-state index in [4.69, 9.17) is 20.8 Å². The van der Waals surface area contributed by atoms with Crippen LogP contribution in [0.3, 0.4) is 0 Å². The van der Waals surface area contributed by atoms with Gasteiger partial charge in [0.1, 0.15) is 5.76 Å². The summed E-state index contributed by atoms with van der Waals surface area (Å²) in [5.41, 5.74) is 0.392. The van der Waals surface area contributed by atoms with Gasteiger partial charge in [-0.05, 0) is 25.1 Å². The molecule has 1 aromatic heterocycles. The van der Waals surface area contributed by atoms with Crippen molar-refractivity contribution in [3.05, 3.63) is 29.7 Å². The van der Waals surface area contributed by atoms with Crippen molar-refractivity contribution in [3.8, 4) is 0 Å². The van der Waals surface area contributed by atoms with Gasteiger partial charge in [0.25, 0.3) is 0 Å². The zero-order valence-electron chi connectivity index (χ0n) is 7.83. The molecule has 0 aliphatic heterocycles. The van der Waals surface area contributed by atoms with Gasteiger partial charge in [0.2, 0.25) is 0 Å². The molecular weight excluding hydrogens is 204 g/mol. The SMILES string of the molecule is CCOC(=O)/C(=C/c1ccco1)CCl. The molecule has 1 heterocycles. The molecule has 3 nitrogen and oxygen atoms in total. The predicted octanol–water partition coefficient (Wildman–Crippen LogP) is 2.46. The summed E-state index contributed by atoms with van der Waals surface area (Å²) in [6.45, 7) is 2.09. The van der Waals surface area contributed by atoms with Gasteiger partial charge in [-0.1, -0.05) is 0 Å². The molecule has 0 unspecified atom stereocenters. The van der Waals surface area contributed by atoms with Gasteiger partial charge in [-0.15, -0.1) is 11.6 Å². The van der Waals surface area contributed by atoms with Gasteiger partial charge in [0.05, 0.1) is 24.3 Å². The van der Waals surface area contributed by atoms with Crippen LogP contribution in [0.5, 0.6) is 0 Å². The van der Waals surface area contributed by atoms with E-state index in [-0.39, 0.29) is 5.88 Å². The Morgan fingerprint density at radius 3 is 3.00 bits per heavy atom. The van der Waals surface area contributed by atoms with Crippen molar-refractivity contribution < 1.29 is 13.9 Å². The van der Waals surface area contributed by atoms with Crippen LogP contribution >= 0.6 is 11.6 Å². The number of alkyl halides is 1. The summed E-state index contributed by atoms with van der Waals surface area (Å²) in [4.78, 5) is 11.3. The van der Waals surface area contributed by atoms with E-state index >= 15 is 0 Å². The average Bonchev–Trinajstić information content (AvgIpc) is 2.66. The molecule has 0 bridgehead atoms. The lowest BCUT2D eigenvalue weighted by atomic mass is 10.2. The Hall–Kier alpha value is -1.22. The van der Waals surface area contributed by atoms with Crippen LogP contribution in [0.25, 0.3) is 6.08 Å². The molecule has 1 rings (SSSR count). The van der Waals surface area contributed by atoms with E-state index in [0.29, 0.717) is 17.9 Å². The van der Waals surface area contributed by atoms with Crippen LogP contribution in [0.1, 0.15) is 12.7 Å². The lowest BCUT2D eigenvalue weighted by Gasteiger charge is -2.01. The van der Waals surface area contributed by atoms with Gasteiger partial charge in [-0.3, -0.25) is 0 Å². The van der Waals surface area contributed by atoms with Crippen molar-refractivity contribution in [1.82, 2.24) is 0 Å². The Balaban J connectivity index is 2.75. The number of carbonyl (C=O) groups is 1. The molecule has 0 radical (unpaired) electrons. The summed E-state index contributed by atoms with van der Waals surface area (Å²) < 4.78 is 9.86. The Kier molecular flexibility index (Phi) is 4.26. The Morgan fingerprint density at radius 1 is 1.71 bits per heavy atom. The van der Waals surface area contributed by atoms with Gasteiger partial charge in [-0.2, -0.15) is 0 Å². The molecular formula is C10H11ClO3. The fourth-order valence-corrected chi connectivity index (χ4v) is 1.11. The topological polar surface area (TPSA) is 39.4 Å². The van der Waals surface area contributed by atoms with Crippen LogP contribution in [0.4, 0.5) is 0 Å². The molecule has 0 N–H and O–H groups in total. The first-order chi connectivity index (χ1) is 6.77. The third-order valence-corrected chi connectivity index (χ3v) is 1.83. The standard InChI is InChI=1S/C10H11ClO3/c1-2-13-10(12)8(7-11)6-9-4-3-5-14-9/h3-6H,2,7H2,1H3/b8-6+. The second-order valence-corrected chi connectivity index (χ2v) is 2.81. The molecule has 0 saturated carbocycles. The fourth-order valence-electron chi connectivity index (χ4n) is 0.921. The minimum Gasteiger partial charge on any atom is -0.465 e. The maximum absolute atomic E-state index is 11.3. The van der Waals surface area contributed by atoms with E-state index in [0.717, 1.165) is 0 Å². The Bertz CT molecular complexity index is 314. The van der Waals surface area contributed by atoms with E-state index in [9.17, 15) is 4.79 Å². The monoisotopic (exact) mass is 214 g/mol. The van der Waals surface area contributed by atoms with Crippen LogP contribution in [0.15, 0.2) is 28.4 Å². The van der Waals surface area contributed by atoms with Crippen LogP contribution in [0.2, 0.25) is 0 Å². The molecule has 1 aromatic rings. The highest BCUT2D eigenvalue weighted by Crippen LogP contribution is 2.10. The summed E-state index contributed by atoms with van der Waals surface area (Å²) in [7, 11) is 0. The van der Waals surface area contributed by atoms with E-state index in [2.05, 4.69) is 0 Å². The van der Waals surface area contributed by atoms with Crippen molar-refractivity contribution in [2.24, 2.45) is 0 Å². The number of esters is 1. The number of hydrogen-bond donors (Lipinski definition) is 0. The zero-order valence-corrected chi connectivity index (χ0v) is 8.58. The second kappa shape index (κ2) is 5.50. The zero-order chi connectivity index (χ0) is 10.4. The normalized spacial score (nSPS) is 11.4. The van der Waals surface area contributed by atoms with Gasteiger partial charge in [0.15, 0.2) is 0 Å². The number of carbonyl (C=O) groups excluding carboxylic acids is 1. The Labute approximate surface area is 87.3 Å². The summed E-state index contributed by atoms with van der Waals surface area (Å²) in [5.74, 6) is 0.298. The molecule has 0 atom stereocenters. The van der Waals surface area contributed by atoms with Crippen LogP contribution < -0.4 is 0 Å². The number of ether oxygens (including phenoxy) is 1. The van der Waals surface area contributed by atoms with Crippen molar-refractivity contribution in [3.63, 3.8) is 0 Å².